The van der Waals surface area contributed by atoms with Crippen LogP contribution >= 0.6 is 0 Å². The molecule has 0 aliphatic carbocycles. The third-order valence-corrected chi connectivity index (χ3v) is 3.06. The molecule has 0 bridgehead atoms. The minimum atomic E-state index is -0.237. The molecule has 0 aliphatic heterocycles. The van der Waals surface area contributed by atoms with Crippen molar-refractivity contribution >= 4 is 17.3 Å². The molecule has 4 nitrogen and oxygen atoms in total. The molecule has 0 saturated heterocycles. The van der Waals surface area contributed by atoms with Crippen LogP contribution < -0.4 is 11.2 Å². The number of nitrogen functional groups attached to an aromatic ring is 1. The second kappa shape index (κ2) is 7.24. The zero-order valence-corrected chi connectivity index (χ0v) is 12.0. The van der Waals surface area contributed by atoms with E-state index in [9.17, 15) is 4.79 Å². The molecule has 3 N–H and O–H groups in total. The van der Waals surface area contributed by atoms with Gasteiger partial charge in [0.15, 0.2) is 0 Å². The van der Waals surface area contributed by atoms with Crippen LogP contribution in [-0.2, 0) is 0 Å². The maximum atomic E-state index is 12.0. The summed E-state index contributed by atoms with van der Waals surface area (Å²) < 4.78 is 0. The van der Waals surface area contributed by atoms with Gasteiger partial charge in [-0.2, -0.15) is 5.10 Å². The van der Waals surface area contributed by atoms with Crippen LogP contribution in [0.25, 0.3) is 0 Å². The summed E-state index contributed by atoms with van der Waals surface area (Å²) in [6, 6.07) is 16.6. The number of rotatable bonds is 5. The molecule has 0 atom stereocenters. The van der Waals surface area contributed by atoms with E-state index >= 15 is 0 Å². The Kier molecular flexibility index (Phi) is 5.10. The first-order valence-corrected chi connectivity index (χ1v) is 6.98. The smallest absolute Gasteiger partial charge is 0.271 e. The predicted octanol–water partition coefficient (Wildman–Crippen LogP) is 3.20. The van der Waals surface area contributed by atoms with Crippen molar-refractivity contribution in [3.63, 3.8) is 0 Å². The molecule has 4 heteroatoms. The van der Waals surface area contributed by atoms with Gasteiger partial charge in [0.05, 0.1) is 5.71 Å². The number of carbonyl (C=O) groups is 1. The van der Waals surface area contributed by atoms with Crippen LogP contribution in [0.3, 0.4) is 0 Å². The van der Waals surface area contributed by atoms with Crippen molar-refractivity contribution < 1.29 is 4.79 Å². The lowest BCUT2D eigenvalue weighted by atomic mass is 10.1. The highest BCUT2D eigenvalue weighted by molar-refractivity contribution is 6.02. The maximum absolute atomic E-state index is 12.0. The standard InChI is InChI=1S/C17H19N3O/c1-2-6-16(13-7-4-3-5-8-13)19-20-17(21)14-9-11-15(18)12-10-14/h3-5,7-12H,2,6,18H2,1H3,(H,20,21). The van der Waals surface area contributed by atoms with Gasteiger partial charge >= 0.3 is 0 Å². The summed E-state index contributed by atoms with van der Waals surface area (Å²) in [5.41, 5.74) is 11.3. The first-order valence-electron chi connectivity index (χ1n) is 6.98. The lowest BCUT2D eigenvalue weighted by Gasteiger charge is -2.06. The first kappa shape index (κ1) is 14.8. The van der Waals surface area contributed by atoms with Crippen LogP contribution in [0.1, 0.15) is 35.7 Å². The number of hydrogen-bond acceptors (Lipinski definition) is 3. The van der Waals surface area contributed by atoms with Gasteiger partial charge in [-0.05, 0) is 36.2 Å². The fourth-order valence-corrected chi connectivity index (χ4v) is 1.95. The molecular formula is C17H19N3O. The van der Waals surface area contributed by atoms with Crippen LogP contribution in [-0.4, -0.2) is 11.6 Å². The number of hydrazone groups is 1. The molecule has 0 aromatic heterocycles. The Labute approximate surface area is 124 Å². The third kappa shape index (κ3) is 4.18. The number of nitrogens with zero attached hydrogens (tertiary/aromatic N) is 1. The van der Waals surface area contributed by atoms with Gasteiger partial charge in [0, 0.05) is 11.3 Å². The third-order valence-electron chi connectivity index (χ3n) is 3.06. The summed E-state index contributed by atoms with van der Waals surface area (Å²) >= 11 is 0. The molecule has 0 radical (unpaired) electrons. The molecule has 2 aromatic carbocycles. The molecule has 1 amide bonds. The number of nitrogens with two attached hydrogens (primary N) is 1. The van der Waals surface area contributed by atoms with Gasteiger partial charge in [0.25, 0.3) is 5.91 Å². The summed E-state index contributed by atoms with van der Waals surface area (Å²) in [7, 11) is 0. The van der Waals surface area contributed by atoms with E-state index in [-0.39, 0.29) is 5.91 Å². The Morgan fingerprint density at radius 3 is 2.33 bits per heavy atom. The Morgan fingerprint density at radius 1 is 1.05 bits per heavy atom. The maximum Gasteiger partial charge on any atom is 0.271 e. The van der Waals surface area contributed by atoms with E-state index < -0.39 is 0 Å². The average molecular weight is 281 g/mol. The minimum Gasteiger partial charge on any atom is -0.399 e. The highest BCUT2D eigenvalue weighted by Gasteiger charge is 2.06. The van der Waals surface area contributed by atoms with Gasteiger partial charge in [0.2, 0.25) is 0 Å². The van der Waals surface area contributed by atoms with E-state index in [1.807, 2.05) is 30.3 Å². The van der Waals surface area contributed by atoms with E-state index in [0.29, 0.717) is 11.3 Å². The van der Waals surface area contributed by atoms with Crippen molar-refractivity contribution in [3.05, 3.63) is 65.7 Å². The van der Waals surface area contributed by atoms with Crippen molar-refractivity contribution in [1.82, 2.24) is 5.43 Å². The monoisotopic (exact) mass is 281 g/mol. The van der Waals surface area contributed by atoms with E-state index in [2.05, 4.69) is 17.5 Å². The fourth-order valence-electron chi connectivity index (χ4n) is 1.95. The lowest BCUT2D eigenvalue weighted by molar-refractivity contribution is 0.0955. The molecule has 2 rings (SSSR count). The number of amides is 1. The Hall–Kier alpha value is -2.62. The van der Waals surface area contributed by atoms with Gasteiger partial charge < -0.3 is 5.73 Å². The van der Waals surface area contributed by atoms with Crippen molar-refractivity contribution in [2.75, 3.05) is 5.73 Å². The molecule has 0 unspecified atom stereocenters. The lowest BCUT2D eigenvalue weighted by Crippen LogP contribution is -2.20. The Balaban J connectivity index is 2.12. The van der Waals surface area contributed by atoms with E-state index in [1.54, 1.807) is 24.3 Å². The van der Waals surface area contributed by atoms with E-state index in [4.69, 9.17) is 5.73 Å². The molecule has 21 heavy (non-hydrogen) atoms. The number of anilines is 1. The zero-order valence-electron chi connectivity index (χ0n) is 12.0. The molecule has 0 spiro atoms. The van der Waals surface area contributed by atoms with Crippen molar-refractivity contribution in [2.24, 2.45) is 5.10 Å². The molecular weight excluding hydrogens is 262 g/mol. The second-order valence-corrected chi connectivity index (χ2v) is 4.74. The topological polar surface area (TPSA) is 67.5 Å². The van der Waals surface area contributed by atoms with Gasteiger partial charge in [-0.15, -0.1) is 0 Å². The zero-order chi connectivity index (χ0) is 15.1. The van der Waals surface area contributed by atoms with Crippen molar-refractivity contribution in [2.45, 2.75) is 19.8 Å². The minimum absolute atomic E-state index is 0.237. The van der Waals surface area contributed by atoms with Crippen LogP contribution in [0, 0.1) is 0 Å². The van der Waals surface area contributed by atoms with Gasteiger partial charge in [0.1, 0.15) is 0 Å². The number of hydrogen-bond donors (Lipinski definition) is 2. The van der Waals surface area contributed by atoms with Crippen LogP contribution in [0.2, 0.25) is 0 Å². The summed E-state index contributed by atoms with van der Waals surface area (Å²) in [6.07, 6.45) is 1.78. The van der Waals surface area contributed by atoms with Gasteiger partial charge in [-0.3, -0.25) is 4.79 Å². The summed E-state index contributed by atoms with van der Waals surface area (Å²) in [5.74, 6) is -0.237. The van der Waals surface area contributed by atoms with Crippen molar-refractivity contribution in [1.29, 1.82) is 0 Å². The summed E-state index contributed by atoms with van der Waals surface area (Å²) in [4.78, 5) is 12.0. The molecule has 0 aliphatic rings. The SMILES string of the molecule is CCCC(=NNC(=O)c1ccc(N)cc1)c1ccccc1. The Bertz CT molecular complexity index is 618. The van der Waals surface area contributed by atoms with Crippen LogP contribution in [0.15, 0.2) is 59.7 Å². The van der Waals surface area contributed by atoms with E-state index in [0.717, 1.165) is 24.1 Å². The largest absolute Gasteiger partial charge is 0.399 e. The fraction of sp³-hybridized carbons (Fsp3) is 0.176. The van der Waals surface area contributed by atoms with Crippen LogP contribution in [0.5, 0.6) is 0 Å². The quantitative estimate of drug-likeness (QED) is 0.502. The molecule has 0 saturated carbocycles. The molecule has 0 heterocycles. The van der Waals surface area contributed by atoms with Crippen molar-refractivity contribution in [3.8, 4) is 0 Å². The number of benzene rings is 2. The summed E-state index contributed by atoms with van der Waals surface area (Å²) in [6.45, 7) is 2.08. The van der Waals surface area contributed by atoms with Crippen LogP contribution in [0.4, 0.5) is 5.69 Å². The first-order chi connectivity index (χ1) is 10.2. The normalized spacial score (nSPS) is 11.2. The highest BCUT2D eigenvalue weighted by atomic mass is 16.2. The van der Waals surface area contributed by atoms with Gasteiger partial charge in [-0.25, -0.2) is 5.43 Å². The molecule has 2 aromatic rings. The Morgan fingerprint density at radius 2 is 1.71 bits per heavy atom. The second-order valence-electron chi connectivity index (χ2n) is 4.74. The number of nitrogens with one attached hydrogen (secondary N) is 1. The summed E-state index contributed by atoms with van der Waals surface area (Å²) in [5, 5.41) is 4.27. The highest BCUT2D eigenvalue weighted by Crippen LogP contribution is 2.08. The molecule has 0 fully saturated rings. The van der Waals surface area contributed by atoms with Gasteiger partial charge in [-0.1, -0.05) is 43.7 Å². The molecule has 108 valence electrons. The van der Waals surface area contributed by atoms with E-state index in [1.165, 1.54) is 0 Å². The average Bonchev–Trinajstić information content (AvgIpc) is 2.52. The predicted molar refractivity (Wildman–Crippen MR) is 86.2 cm³/mol. The number of carbonyl (C=O) groups excluding carboxylic acids is 1.